The minimum Gasteiger partial charge on any atom is -0.444 e. The number of halogens is 4. The van der Waals surface area contributed by atoms with Crippen molar-refractivity contribution in [1.29, 1.82) is 0 Å². The molecule has 0 radical (unpaired) electrons. The summed E-state index contributed by atoms with van der Waals surface area (Å²) in [5.41, 5.74) is 4.20. The van der Waals surface area contributed by atoms with E-state index in [1.54, 1.807) is 9.80 Å². The monoisotopic (exact) mass is 1080 g/mol. The molecular weight excluding hydrogens is 1010 g/mol. The average Bonchev–Trinajstić information content (AvgIpc) is 4.30. The molecule has 0 bridgehead atoms. The summed E-state index contributed by atoms with van der Waals surface area (Å²) < 4.78 is 56.1. The molecule has 0 unspecified atom stereocenters. The SMILES string of the molecule is C[C@@H](OCC1(c2ccc(F)cc2)CCN(C(=O)OC(C)(C)C)CC1)c1cc(Cl)cc2cn(CC3CC3)nc12.C[C@@H](OCC1(c2ccc(F)cc2)CCN(C(=O)OC(C)(C)C)CC1)c1cc(Cl)cc2cnn(CC3CC3)c12. The molecule has 2 aliphatic heterocycles. The number of benzene rings is 4. The van der Waals surface area contributed by atoms with Gasteiger partial charge in [-0.2, -0.15) is 10.2 Å². The van der Waals surface area contributed by atoms with Gasteiger partial charge in [0.1, 0.15) is 22.8 Å². The number of piperidine rings is 2. The number of aromatic nitrogens is 4. The highest BCUT2D eigenvalue weighted by Crippen LogP contribution is 2.42. The Labute approximate surface area is 456 Å². The van der Waals surface area contributed by atoms with Gasteiger partial charge in [0.25, 0.3) is 0 Å². The Morgan fingerprint density at radius 2 is 1.08 bits per heavy atom. The predicted molar refractivity (Wildman–Crippen MR) is 294 cm³/mol. The molecule has 2 atom stereocenters. The first-order chi connectivity index (χ1) is 36.0. The van der Waals surface area contributed by atoms with Crippen LogP contribution >= 0.6 is 23.2 Å². The zero-order valence-electron chi connectivity index (χ0n) is 45.4. The largest absolute Gasteiger partial charge is 0.444 e. The molecule has 2 aromatic heterocycles. The Morgan fingerprint density at radius 3 is 1.54 bits per heavy atom. The van der Waals surface area contributed by atoms with Crippen LogP contribution < -0.4 is 0 Å². The van der Waals surface area contributed by atoms with E-state index in [0.29, 0.717) is 81.0 Å². The van der Waals surface area contributed by atoms with Crippen molar-refractivity contribution in [1.82, 2.24) is 29.4 Å². The molecule has 4 heterocycles. The van der Waals surface area contributed by atoms with Crippen LogP contribution in [0.4, 0.5) is 18.4 Å². The minimum atomic E-state index is -0.547. The highest BCUT2D eigenvalue weighted by Gasteiger charge is 2.41. The van der Waals surface area contributed by atoms with Gasteiger partial charge in [-0.15, -0.1) is 0 Å². The average molecular weight is 1080 g/mol. The van der Waals surface area contributed by atoms with Crippen LogP contribution in [0.5, 0.6) is 0 Å². The topological polar surface area (TPSA) is 113 Å². The Balaban J connectivity index is 0.000000186. The number of fused-ring (bicyclic) bond motifs is 2. The number of carbonyl (C=O) groups excluding carboxylic acids is 2. The van der Waals surface area contributed by atoms with Crippen LogP contribution in [0, 0.1) is 23.5 Å². The summed E-state index contributed by atoms with van der Waals surface area (Å²) in [6.45, 7) is 20.2. The Hall–Kier alpha value is -5.28. The van der Waals surface area contributed by atoms with E-state index in [-0.39, 0.29) is 46.9 Å². The van der Waals surface area contributed by atoms with E-state index in [2.05, 4.69) is 16.0 Å². The molecule has 2 saturated carbocycles. The smallest absolute Gasteiger partial charge is 0.410 e. The Bertz CT molecular complexity index is 2970. The van der Waals surface area contributed by atoms with Crippen molar-refractivity contribution < 1.29 is 37.3 Å². The van der Waals surface area contributed by atoms with E-state index in [1.807, 2.05) is 115 Å². The second kappa shape index (κ2) is 22.6. The summed E-state index contributed by atoms with van der Waals surface area (Å²) in [4.78, 5) is 28.9. The van der Waals surface area contributed by atoms with E-state index < -0.39 is 11.2 Å². The van der Waals surface area contributed by atoms with E-state index in [1.165, 1.54) is 49.9 Å². The van der Waals surface area contributed by atoms with Gasteiger partial charge in [-0.25, -0.2) is 18.4 Å². The lowest BCUT2D eigenvalue weighted by Crippen LogP contribution is -2.48. The Morgan fingerprint density at radius 1 is 0.645 bits per heavy atom. The van der Waals surface area contributed by atoms with Crippen LogP contribution in [0.3, 0.4) is 0 Å². The minimum absolute atomic E-state index is 0.230. The van der Waals surface area contributed by atoms with Crippen molar-refractivity contribution in [3.8, 4) is 0 Å². The maximum Gasteiger partial charge on any atom is 0.410 e. The molecule has 2 aliphatic carbocycles. The molecule has 0 spiro atoms. The van der Waals surface area contributed by atoms with E-state index in [0.717, 1.165) is 63.1 Å². The molecule has 6 aromatic rings. The molecule has 2 amide bonds. The van der Waals surface area contributed by atoms with Gasteiger partial charge in [0, 0.05) is 88.2 Å². The van der Waals surface area contributed by atoms with Crippen LogP contribution in [-0.4, -0.2) is 92.1 Å². The first kappa shape index (κ1) is 55.5. The van der Waals surface area contributed by atoms with Gasteiger partial charge in [0.2, 0.25) is 0 Å². The molecule has 408 valence electrons. The molecular formula is C60H74Cl2F2N6O6. The standard InChI is InChI=1S/2C30H37ClFN3O3/c1-20(26-16-24(31)15-22-17-33-35(27(22)26)18-21-5-6-21)37-19-30(23-7-9-25(32)10-8-23)11-13-34(14-12-30)28(36)38-29(2,3)4;1-20(26-16-24(31)15-22-18-35(33-27(22)26)17-21-5-6-21)37-19-30(23-7-9-25(32)10-8-23)11-13-34(14-12-30)28(36)38-29(2,3)4/h7-10,15-17,20-21H,5-6,11-14,18-19H2,1-4H3;7-10,15-16,18,20-21H,5-6,11-14,17,19H2,1-4H3/t2*20-/m11/s1. The van der Waals surface area contributed by atoms with Gasteiger partial charge < -0.3 is 28.7 Å². The number of ether oxygens (including phenoxy) is 4. The quantitative estimate of drug-likeness (QED) is 0.106. The molecule has 2 saturated heterocycles. The van der Waals surface area contributed by atoms with Gasteiger partial charge >= 0.3 is 12.2 Å². The van der Waals surface area contributed by atoms with Crippen LogP contribution in [0.1, 0.15) is 141 Å². The van der Waals surface area contributed by atoms with Crippen molar-refractivity contribution in [2.75, 3.05) is 39.4 Å². The van der Waals surface area contributed by atoms with Crippen molar-refractivity contribution in [2.45, 2.75) is 154 Å². The maximum absolute atomic E-state index is 13.8. The van der Waals surface area contributed by atoms with Crippen LogP contribution in [0.2, 0.25) is 10.0 Å². The van der Waals surface area contributed by atoms with Crippen molar-refractivity contribution in [3.63, 3.8) is 0 Å². The third-order valence-corrected chi connectivity index (χ3v) is 15.8. The number of nitrogens with zero attached hydrogens (tertiary/aromatic N) is 6. The fourth-order valence-electron chi connectivity index (χ4n) is 10.6. The number of carbonyl (C=O) groups is 2. The van der Waals surface area contributed by atoms with Crippen molar-refractivity contribution in [2.24, 2.45) is 11.8 Å². The third-order valence-electron chi connectivity index (χ3n) is 15.4. The van der Waals surface area contributed by atoms with Crippen LogP contribution in [-0.2, 0) is 42.9 Å². The van der Waals surface area contributed by atoms with E-state index >= 15 is 0 Å². The number of hydrogen-bond acceptors (Lipinski definition) is 8. The number of rotatable bonds is 14. The van der Waals surface area contributed by atoms with Gasteiger partial charge in [-0.05, 0) is 178 Å². The lowest BCUT2D eigenvalue weighted by Gasteiger charge is -2.42. The first-order valence-corrected chi connectivity index (χ1v) is 27.8. The summed E-state index contributed by atoms with van der Waals surface area (Å²) in [7, 11) is 0. The van der Waals surface area contributed by atoms with Crippen molar-refractivity contribution >= 4 is 57.2 Å². The zero-order chi connectivity index (χ0) is 54.2. The summed E-state index contributed by atoms with van der Waals surface area (Å²) in [5, 5.41) is 12.9. The highest BCUT2D eigenvalue weighted by molar-refractivity contribution is 6.31. The molecule has 16 heteroatoms. The number of likely N-dealkylation sites (tertiary alicyclic amines) is 2. The summed E-state index contributed by atoms with van der Waals surface area (Å²) in [6, 6.07) is 21.2. The van der Waals surface area contributed by atoms with Crippen LogP contribution in [0.15, 0.2) is 85.2 Å². The molecule has 0 N–H and O–H groups in total. The van der Waals surface area contributed by atoms with E-state index in [4.69, 9.17) is 47.2 Å². The number of hydrogen-bond donors (Lipinski definition) is 0. The molecule has 4 aromatic carbocycles. The normalized spacial score (nSPS) is 18.5. The van der Waals surface area contributed by atoms with Crippen LogP contribution in [0.25, 0.3) is 21.8 Å². The van der Waals surface area contributed by atoms with E-state index in [9.17, 15) is 18.4 Å². The molecule has 4 fully saturated rings. The Kier molecular flexibility index (Phi) is 16.5. The second-order valence-corrected chi connectivity index (χ2v) is 24.7. The van der Waals surface area contributed by atoms with Crippen molar-refractivity contribution in [3.05, 3.63) is 129 Å². The van der Waals surface area contributed by atoms with Gasteiger partial charge in [0.15, 0.2) is 0 Å². The molecule has 10 rings (SSSR count). The first-order valence-electron chi connectivity index (χ1n) is 27.1. The van der Waals surface area contributed by atoms with Gasteiger partial charge in [0.05, 0.1) is 42.7 Å². The van der Waals surface area contributed by atoms with Gasteiger partial charge in [-0.1, -0.05) is 47.5 Å². The molecule has 4 aliphatic rings. The summed E-state index contributed by atoms with van der Waals surface area (Å²) >= 11 is 13.0. The lowest BCUT2D eigenvalue weighted by molar-refractivity contribution is -0.00960. The van der Waals surface area contributed by atoms with Gasteiger partial charge in [-0.3, -0.25) is 9.36 Å². The third kappa shape index (κ3) is 13.7. The zero-order valence-corrected chi connectivity index (χ0v) is 46.9. The number of amides is 2. The molecule has 76 heavy (non-hydrogen) atoms. The summed E-state index contributed by atoms with van der Waals surface area (Å²) in [6.07, 6.45) is 10.6. The highest BCUT2D eigenvalue weighted by atomic mass is 35.5. The summed E-state index contributed by atoms with van der Waals surface area (Å²) in [5.74, 6) is 0.871. The maximum atomic E-state index is 13.8. The fourth-order valence-corrected chi connectivity index (χ4v) is 11.1. The fraction of sp³-hybridized carbons (Fsp3) is 0.533. The lowest BCUT2D eigenvalue weighted by atomic mass is 9.73. The second-order valence-electron chi connectivity index (χ2n) is 23.8. The molecule has 12 nitrogen and oxygen atoms in total. The predicted octanol–water partition coefficient (Wildman–Crippen LogP) is 14.6.